The molecule has 14 heteroatoms. The predicted octanol–water partition coefficient (Wildman–Crippen LogP) is -2.09. The summed E-state index contributed by atoms with van der Waals surface area (Å²) in [6.45, 7) is 1.79. The van der Waals surface area contributed by atoms with Crippen molar-refractivity contribution in [2.45, 2.75) is 69.5 Å². The molecule has 0 saturated carbocycles. The van der Waals surface area contributed by atoms with Gasteiger partial charge in [-0.05, 0) is 58.2 Å². The summed E-state index contributed by atoms with van der Waals surface area (Å²) in [6.07, 6.45) is 6.11. The van der Waals surface area contributed by atoms with E-state index in [1.54, 1.807) is 0 Å². The van der Waals surface area contributed by atoms with Gasteiger partial charge in [0.15, 0.2) is 0 Å². The van der Waals surface area contributed by atoms with Gasteiger partial charge in [0, 0.05) is 0 Å². The van der Waals surface area contributed by atoms with E-state index in [0.717, 1.165) is 45.1 Å². The second-order valence-corrected chi connectivity index (χ2v) is 7.04. The van der Waals surface area contributed by atoms with Crippen LogP contribution in [0.25, 0.3) is 0 Å². The summed E-state index contributed by atoms with van der Waals surface area (Å²) in [5, 5.41) is 35.5. The first-order valence-electron chi connectivity index (χ1n) is 10.7. The smallest absolute Gasteiger partial charge is 0.320 e. The molecule has 0 amide bonds. The Bertz CT molecular complexity index is 506. The Hall–Kier alpha value is -2.36. The van der Waals surface area contributed by atoms with Crippen LogP contribution >= 0.6 is 0 Å². The van der Waals surface area contributed by atoms with Crippen LogP contribution in [0.5, 0.6) is 0 Å². The molecule has 15 N–H and O–H groups in total. The average molecular weight is 483 g/mol. The fraction of sp³-hybridized carbons (Fsp3) is 0.789. The van der Waals surface area contributed by atoms with E-state index in [0.29, 0.717) is 25.9 Å². The zero-order chi connectivity index (χ0) is 26.2. The molecule has 0 radical (unpaired) electrons. The van der Waals surface area contributed by atoms with Crippen LogP contribution in [-0.4, -0.2) is 88.6 Å². The van der Waals surface area contributed by atoms with Crippen LogP contribution in [0.1, 0.15) is 51.4 Å². The average Bonchev–Trinajstić information content (AvgIpc) is 3.30. The normalized spacial score (nSPS) is 15.8. The van der Waals surface area contributed by atoms with Gasteiger partial charge in [0.05, 0.1) is 6.54 Å². The van der Waals surface area contributed by atoms with Gasteiger partial charge in [-0.1, -0.05) is 12.8 Å². The lowest BCUT2D eigenvalue weighted by molar-refractivity contribution is -0.139. The van der Waals surface area contributed by atoms with E-state index in [1.807, 2.05) is 0 Å². The first-order chi connectivity index (χ1) is 15.4. The lowest BCUT2D eigenvalue weighted by Gasteiger charge is -2.03. The van der Waals surface area contributed by atoms with Crippen molar-refractivity contribution in [1.29, 1.82) is 0 Å². The zero-order valence-electron chi connectivity index (χ0n) is 19.0. The number of rotatable bonds is 12. The molecule has 196 valence electrons. The van der Waals surface area contributed by atoms with Crippen LogP contribution in [0, 0.1) is 0 Å². The monoisotopic (exact) mass is 482 g/mol. The summed E-state index contributed by atoms with van der Waals surface area (Å²) in [5.74, 6) is -3.55. The predicted molar refractivity (Wildman–Crippen MR) is 122 cm³/mol. The van der Waals surface area contributed by atoms with E-state index in [-0.39, 0.29) is 12.6 Å². The summed E-state index contributed by atoms with van der Waals surface area (Å²) in [4.78, 5) is 39.7. The Morgan fingerprint density at radius 1 is 0.788 bits per heavy atom. The summed E-state index contributed by atoms with van der Waals surface area (Å²) in [6, 6.07) is -1.70. The maximum Gasteiger partial charge on any atom is 0.320 e. The van der Waals surface area contributed by atoms with Crippen molar-refractivity contribution in [2.24, 2.45) is 28.7 Å². The van der Waals surface area contributed by atoms with Crippen LogP contribution in [0.2, 0.25) is 0 Å². The van der Waals surface area contributed by atoms with Crippen molar-refractivity contribution >= 4 is 23.9 Å². The van der Waals surface area contributed by atoms with Gasteiger partial charge in [0.2, 0.25) is 0 Å². The standard InChI is InChI=1S/2C6H14N2O2.C5H9NO2.C2H5NO2/c2*7-4-2-1-3-5(8)6(9)10;7-5(8)4-2-1-3-6-4;3-1-2(4)5/h2*5H,1-4,7-8H2,(H,9,10);4,6H,1-3H2,(H,7,8);1,3H2,(H,4,5)/t;;4-;/m..0./s1. The molecule has 1 saturated heterocycles. The molecule has 0 aromatic carbocycles. The van der Waals surface area contributed by atoms with E-state index in [1.165, 1.54) is 0 Å². The van der Waals surface area contributed by atoms with Gasteiger partial charge >= 0.3 is 23.9 Å². The third-order valence-electron chi connectivity index (χ3n) is 4.11. The first kappa shape index (κ1) is 35.2. The van der Waals surface area contributed by atoms with Crippen LogP contribution in [0.15, 0.2) is 0 Å². The second-order valence-electron chi connectivity index (χ2n) is 7.04. The number of aliphatic carboxylic acids is 4. The Morgan fingerprint density at radius 2 is 1.18 bits per heavy atom. The number of unbranched alkanes of at least 4 members (excludes halogenated alkanes) is 2. The Kier molecular flexibility index (Phi) is 25.9. The molecule has 1 aliphatic rings. The summed E-state index contributed by atoms with van der Waals surface area (Å²) < 4.78 is 0. The van der Waals surface area contributed by atoms with Crippen LogP contribution in [0.3, 0.4) is 0 Å². The van der Waals surface area contributed by atoms with Gasteiger partial charge in [0.1, 0.15) is 18.1 Å². The van der Waals surface area contributed by atoms with Crippen LogP contribution < -0.4 is 34.0 Å². The van der Waals surface area contributed by atoms with Crippen LogP contribution in [0.4, 0.5) is 0 Å². The second kappa shape index (κ2) is 24.3. The Labute approximate surface area is 193 Å². The number of hydrogen-bond acceptors (Lipinski definition) is 10. The lowest BCUT2D eigenvalue weighted by atomic mass is 10.1. The highest BCUT2D eigenvalue weighted by molar-refractivity contribution is 5.74. The summed E-state index contributed by atoms with van der Waals surface area (Å²) in [5.41, 5.74) is 25.4. The summed E-state index contributed by atoms with van der Waals surface area (Å²) in [7, 11) is 0. The zero-order valence-corrected chi connectivity index (χ0v) is 19.0. The van der Waals surface area contributed by atoms with Gasteiger partial charge in [-0.25, -0.2) is 0 Å². The maximum atomic E-state index is 10.1. The third-order valence-corrected chi connectivity index (χ3v) is 4.11. The molecule has 0 aromatic rings. The topological polar surface area (TPSA) is 291 Å². The molecule has 0 spiro atoms. The van der Waals surface area contributed by atoms with Gasteiger partial charge in [0.25, 0.3) is 0 Å². The number of nitrogens with two attached hydrogens (primary N) is 5. The van der Waals surface area contributed by atoms with E-state index < -0.39 is 36.0 Å². The van der Waals surface area contributed by atoms with Crippen molar-refractivity contribution in [2.75, 3.05) is 26.2 Å². The van der Waals surface area contributed by atoms with Gasteiger partial charge in [-0.3, -0.25) is 19.2 Å². The molecule has 1 heterocycles. The fourth-order valence-electron chi connectivity index (χ4n) is 2.16. The SMILES string of the molecule is NCC(=O)O.NCCCCC(N)C(=O)O.NCCCCC(N)C(=O)O.O=C(O)[C@@H]1CCCN1. The molecular weight excluding hydrogens is 440 g/mol. The molecule has 1 aliphatic heterocycles. The Morgan fingerprint density at radius 3 is 1.36 bits per heavy atom. The third kappa shape index (κ3) is 27.6. The van der Waals surface area contributed by atoms with Crippen molar-refractivity contribution in [3.05, 3.63) is 0 Å². The van der Waals surface area contributed by atoms with Gasteiger partial charge in [-0.2, -0.15) is 0 Å². The molecule has 14 nitrogen and oxygen atoms in total. The van der Waals surface area contributed by atoms with Crippen molar-refractivity contribution in [1.82, 2.24) is 5.32 Å². The largest absolute Gasteiger partial charge is 0.480 e. The van der Waals surface area contributed by atoms with E-state index in [4.69, 9.17) is 43.4 Å². The van der Waals surface area contributed by atoms with Gasteiger partial charge < -0.3 is 54.4 Å². The number of carboxylic acids is 4. The molecule has 33 heavy (non-hydrogen) atoms. The number of nitrogens with one attached hydrogen (secondary N) is 1. The number of hydrogen-bond donors (Lipinski definition) is 10. The fourth-order valence-corrected chi connectivity index (χ4v) is 2.16. The summed E-state index contributed by atoms with van der Waals surface area (Å²) >= 11 is 0. The molecule has 3 atom stereocenters. The molecule has 0 aliphatic carbocycles. The van der Waals surface area contributed by atoms with Gasteiger partial charge in [-0.15, -0.1) is 0 Å². The molecule has 1 fully saturated rings. The molecule has 0 bridgehead atoms. The quantitative estimate of drug-likeness (QED) is 0.133. The minimum absolute atomic E-state index is 0.269. The molecular formula is C19H42N6O8. The minimum Gasteiger partial charge on any atom is -0.480 e. The first-order valence-corrected chi connectivity index (χ1v) is 10.7. The highest BCUT2D eigenvalue weighted by Crippen LogP contribution is 2.03. The highest BCUT2D eigenvalue weighted by Gasteiger charge is 2.20. The molecule has 2 unspecified atom stereocenters. The lowest BCUT2D eigenvalue weighted by Crippen LogP contribution is -2.29. The Balaban J connectivity index is -0.000000374. The van der Waals surface area contributed by atoms with E-state index in [9.17, 15) is 19.2 Å². The van der Waals surface area contributed by atoms with Crippen LogP contribution in [-0.2, 0) is 19.2 Å². The molecule has 0 aromatic heterocycles. The minimum atomic E-state index is -0.968. The number of carboxylic acid groups (broad SMARTS) is 4. The van der Waals surface area contributed by atoms with Crippen molar-refractivity contribution in [3.8, 4) is 0 Å². The maximum absolute atomic E-state index is 10.1. The van der Waals surface area contributed by atoms with Crippen molar-refractivity contribution < 1.29 is 39.6 Å². The highest BCUT2D eigenvalue weighted by atomic mass is 16.4. The molecule has 1 rings (SSSR count). The van der Waals surface area contributed by atoms with E-state index in [2.05, 4.69) is 11.1 Å². The van der Waals surface area contributed by atoms with E-state index >= 15 is 0 Å². The van der Waals surface area contributed by atoms with Crippen molar-refractivity contribution in [3.63, 3.8) is 0 Å². The number of carbonyl (C=O) groups is 4.